The number of nitrogens with one attached hydrogen (secondary N) is 2. The number of alkyl halides is 3. The minimum atomic E-state index is -5.21. The van der Waals surface area contributed by atoms with E-state index in [2.05, 4.69) is 15.6 Å². The Labute approximate surface area is 248 Å². The van der Waals surface area contributed by atoms with Gasteiger partial charge >= 0.3 is 6.18 Å². The molecule has 1 saturated heterocycles. The summed E-state index contributed by atoms with van der Waals surface area (Å²) in [4.78, 5) is 17.1. The van der Waals surface area contributed by atoms with Crippen LogP contribution in [0.1, 0.15) is 54.2 Å². The number of rotatable bonds is 10. The average molecular weight is 608 g/mol. The van der Waals surface area contributed by atoms with Crippen LogP contribution < -0.4 is 20.1 Å². The molecule has 4 rings (SSSR count). The quantitative estimate of drug-likeness (QED) is 0.242. The molecule has 0 aliphatic carbocycles. The van der Waals surface area contributed by atoms with E-state index in [0.29, 0.717) is 37.1 Å². The molecule has 43 heavy (non-hydrogen) atoms. The molecule has 0 saturated carbocycles. The summed E-state index contributed by atoms with van der Waals surface area (Å²) < 4.78 is 67.7. The second-order valence-electron chi connectivity index (χ2n) is 9.68. The minimum Gasteiger partial charge on any atom is -0.493 e. The van der Waals surface area contributed by atoms with Crippen LogP contribution in [0, 0.1) is 5.82 Å². The van der Waals surface area contributed by atoms with Gasteiger partial charge in [0.2, 0.25) is 5.60 Å². The number of aliphatic hydroxyl groups is 2. The fourth-order valence-corrected chi connectivity index (χ4v) is 4.65. The number of ether oxygens (including phenoxy) is 2. The summed E-state index contributed by atoms with van der Waals surface area (Å²) in [5.74, 6) is -1.12. The zero-order valence-corrected chi connectivity index (χ0v) is 24.3. The molecule has 3 aromatic rings. The Morgan fingerprint density at radius 1 is 1.05 bits per heavy atom. The third-order valence-corrected chi connectivity index (χ3v) is 6.97. The monoisotopic (exact) mass is 607 g/mol. The average Bonchev–Trinajstić information content (AvgIpc) is 3.03. The first-order chi connectivity index (χ1) is 20.6. The topological polar surface area (TPSA) is 113 Å². The molecule has 0 bridgehead atoms. The van der Waals surface area contributed by atoms with Crippen molar-refractivity contribution in [1.29, 1.82) is 0 Å². The van der Waals surface area contributed by atoms with E-state index in [1.54, 1.807) is 6.07 Å². The Hall–Kier alpha value is -3.74. The number of aromatic nitrogens is 1. The third-order valence-electron chi connectivity index (χ3n) is 6.97. The summed E-state index contributed by atoms with van der Waals surface area (Å²) >= 11 is 0. The van der Waals surface area contributed by atoms with E-state index in [1.807, 2.05) is 13.8 Å². The Kier molecular flexibility index (Phi) is 11.9. The van der Waals surface area contributed by atoms with Crippen molar-refractivity contribution in [3.05, 3.63) is 77.2 Å². The van der Waals surface area contributed by atoms with Gasteiger partial charge in [0.15, 0.2) is 11.5 Å². The van der Waals surface area contributed by atoms with Crippen LogP contribution in [0.15, 0.2) is 54.6 Å². The summed E-state index contributed by atoms with van der Waals surface area (Å²) in [6.07, 6.45) is -3.86. The molecule has 1 aromatic heterocycles. The van der Waals surface area contributed by atoms with Crippen LogP contribution >= 0.6 is 0 Å². The standard InChI is InChI=1S/C29H31F4N3O5.C2H6/c1-40-25-15-20(4-7-24(25)41-13-12-37)27(38)35-17-28(39,29(31,32)33)26-16-21(18-8-10-34-11-9-18)14-23(36-26)19-2-5-22(30)6-3-19;1-2/h2-7,14-16,18,34,37,39H,8-13,17H2,1H3,(H,35,38);1-2H3. The Morgan fingerprint density at radius 3 is 2.33 bits per heavy atom. The highest BCUT2D eigenvalue weighted by atomic mass is 19.4. The minimum absolute atomic E-state index is 0.0239. The van der Waals surface area contributed by atoms with Crippen molar-refractivity contribution in [2.75, 3.05) is 40.0 Å². The van der Waals surface area contributed by atoms with E-state index in [1.165, 1.54) is 55.6 Å². The first kappa shape index (κ1) is 33.8. The van der Waals surface area contributed by atoms with Gasteiger partial charge in [0.1, 0.15) is 12.4 Å². The molecule has 2 aromatic carbocycles. The number of halogens is 4. The lowest BCUT2D eigenvalue weighted by Crippen LogP contribution is -2.51. The third kappa shape index (κ3) is 8.21. The zero-order chi connectivity index (χ0) is 31.6. The molecule has 8 nitrogen and oxygen atoms in total. The molecule has 0 spiro atoms. The van der Waals surface area contributed by atoms with Gasteiger partial charge in [-0.1, -0.05) is 13.8 Å². The number of carbonyl (C=O) groups is 1. The van der Waals surface area contributed by atoms with Crippen LogP contribution in [-0.2, 0) is 5.60 Å². The maximum absolute atomic E-state index is 14.5. The van der Waals surface area contributed by atoms with Crippen molar-refractivity contribution in [1.82, 2.24) is 15.6 Å². The second-order valence-corrected chi connectivity index (χ2v) is 9.68. The number of amides is 1. The Balaban J connectivity index is 0.00000248. The largest absolute Gasteiger partial charge is 0.493 e. The summed E-state index contributed by atoms with van der Waals surface area (Å²) in [5, 5.41) is 25.5. The molecule has 1 atom stereocenters. The number of pyridine rings is 1. The molecule has 4 N–H and O–H groups in total. The van der Waals surface area contributed by atoms with Crippen molar-refractivity contribution in [3.8, 4) is 22.8 Å². The zero-order valence-electron chi connectivity index (χ0n) is 24.3. The summed E-state index contributed by atoms with van der Waals surface area (Å²) in [6.45, 7) is 3.87. The van der Waals surface area contributed by atoms with Gasteiger partial charge in [0.05, 0.1) is 31.6 Å². The van der Waals surface area contributed by atoms with Crippen molar-refractivity contribution < 1.29 is 42.0 Å². The van der Waals surface area contributed by atoms with Crippen LogP contribution in [0.4, 0.5) is 17.6 Å². The molecule has 2 heterocycles. The van der Waals surface area contributed by atoms with E-state index in [-0.39, 0.29) is 41.9 Å². The van der Waals surface area contributed by atoms with E-state index >= 15 is 0 Å². The molecule has 0 radical (unpaired) electrons. The fraction of sp³-hybridized carbons (Fsp3) is 0.419. The number of nitrogens with zero attached hydrogens (tertiary/aromatic N) is 1. The van der Waals surface area contributed by atoms with Crippen molar-refractivity contribution >= 4 is 5.91 Å². The molecule has 1 unspecified atom stereocenters. The molecular weight excluding hydrogens is 570 g/mol. The lowest BCUT2D eigenvalue weighted by Gasteiger charge is -2.32. The van der Waals surface area contributed by atoms with Crippen LogP contribution in [0.2, 0.25) is 0 Å². The first-order valence-corrected chi connectivity index (χ1v) is 14.0. The number of hydrogen-bond donors (Lipinski definition) is 4. The van der Waals surface area contributed by atoms with Gasteiger partial charge in [-0.05, 0) is 92.0 Å². The summed E-state index contributed by atoms with van der Waals surface area (Å²) in [6, 6.07) is 12.0. The number of carbonyl (C=O) groups excluding carboxylic acids is 1. The molecule has 1 amide bonds. The number of benzene rings is 2. The number of hydrogen-bond acceptors (Lipinski definition) is 7. The number of aliphatic hydroxyl groups excluding tert-OH is 1. The molecule has 234 valence electrons. The van der Waals surface area contributed by atoms with Crippen molar-refractivity contribution in [2.45, 2.75) is 44.4 Å². The van der Waals surface area contributed by atoms with E-state index < -0.39 is 35.7 Å². The number of piperidine rings is 1. The van der Waals surface area contributed by atoms with E-state index in [9.17, 15) is 27.5 Å². The second kappa shape index (κ2) is 15.1. The molecule has 1 fully saturated rings. The maximum atomic E-state index is 14.5. The normalized spacial score (nSPS) is 15.1. The predicted molar refractivity (Wildman–Crippen MR) is 154 cm³/mol. The van der Waals surface area contributed by atoms with Crippen LogP contribution in [0.5, 0.6) is 11.5 Å². The van der Waals surface area contributed by atoms with E-state index in [4.69, 9.17) is 14.6 Å². The smallest absolute Gasteiger partial charge is 0.424 e. The summed E-state index contributed by atoms with van der Waals surface area (Å²) in [7, 11) is 1.32. The maximum Gasteiger partial charge on any atom is 0.424 e. The van der Waals surface area contributed by atoms with Crippen LogP contribution in [0.3, 0.4) is 0 Å². The fourth-order valence-electron chi connectivity index (χ4n) is 4.65. The Bertz CT molecular complexity index is 1350. The van der Waals surface area contributed by atoms with Crippen LogP contribution in [0.25, 0.3) is 11.3 Å². The molecule has 1 aliphatic heterocycles. The predicted octanol–water partition coefficient (Wildman–Crippen LogP) is 4.94. The lowest BCUT2D eigenvalue weighted by molar-refractivity contribution is -0.265. The highest BCUT2D eigenvalue weighted by Gasteiger charge is 2.56. The van der Waals surface area contributed by atoms with Gasteiger partial charge in [-0.2, -0.15) is 13.2 Å². The van der Waals surface area contributed by atoms with E-state index in [0.717, 1.165) is 0 Å². The van der Waals surface area contributed by atoms with Gasteiger partial charge in [0, 0.05) is 11.1 Å². The highest BCUT2D eigenvalue weighted by Crippen LogP contribution is 2.40. The van der Waals surface area contributed by atoms with Gasteiger partial charge in [-0.15, -0.1) is 0 Å². The van der Waals surface area contributed by atoms with Gasteiger partial charge < -0.3 is 30.3 Å². The van der Waals surface area contributed by atoms with Gasteiger partial charge in [-0.25, -0.2) is 9.37 Å². The SMILES string of the molecule is CC.COc1cc(C(=O)NCC(O)(c2cc(C3CCNCC3)cc(-c3ccc(F)cc3)n2)C(F)(F)F)ccc1OCCO. The molecule has 1 aliphatic rings. The Morgan fingerprint density at radius 2 is 1.72 bits per heavy atom. The first-order valence-electron chi connectivity index (χ1n) is 14.0. The van der Waals surface area contributed by atoms with Gasteiger partial charge in [0.25, 0.3) is 5.91 Å². The number of methoxy groups -OCH3 is 1. The molecular formula is C31H37F4N3O5. The lowest BCUT2D eigenvalue weighted by atomic mass is 9.87. The van der Waals surface area contributed by atoms with Crippen molar-refractivity contribution in [2.24, 2.45) is 0 Å². The molecule has 12 heteroatoms. The highest BCUT2D eigenvalue weighted by molar-refractivity contribution is 5.95. The van der Waals surface area contributed by atoms with Gasteiger partial charge in [-0.3, -0.25) is 4.79 Å². The van der Waals surface area contributed by atoms with Crippen LogP contribution in [-0.4, -0.2) is 67.2 Å². The van der Waals surface area contributed by atoms with Crippen molar-refractivity contribution in [3.63, 3.8) is 0 Å². The summed E-state index contributed by atoms with van der Waals surface area (Å²) in [5.41, 5.74) is -3.15.